The predicted molar refractivity (Wildman–Crippen MR) is 115 cm³/mol. The molecule has 0 bridgehead atoms. The third-order valence-corrected chi connectivity index (χ3v) is 6.12. The van der Waals surface area contributed by atoms with Gasteiger partial charge in [-0.25, -0.2) is 4.79 Å². The van der Waals surface area contributed by atoms with E-state index in [4.69, 9.17) is 18.9 Å². The van der Waals surface area contributed by atoms with Gasteiger partial charge >= 0.3 is 11.9 Å². The van der Waals surface area contributed by atoms with Gasteiger partial charge in [0.15, 0.2) is 0 Å². The first-order valence-corrected chi connectivity index (χ1v) is 10.8. The molecule has 5 atom stereocenters. The summed E-state index contributed by atoms with van der Waals surface area (Å²) in [5.41, 5.74) is 2.67. The van der Waals surface area contributed by atoms with Crippen LogP contribution in [0.4, 0.5) is 0 Å². The molecule has 11 heteroatoms. The third-order valence-electron chi connectivity index (χ3n) is 6.12. The van der Waals surface area contributed by atoms with E-state index in [1.54, 1.807) is 19.9 Å². The van der Waals surface area contributed by atoms with Gasteiger partial charge in [0, 0.05) is 17.5 Å². The molecule has 0 saturated carbocycles. The molecule has 3 rings (SSSR count). The van der Waals surface area contributed by atoms with Gasteiger partial charge in [-0.2, -0.15) is 0 Å². The zero-order valence-electron chi connectivity index (χ0n) is 19.2. The van der Waals surface area contributed by atoms with E-state index >= 15 is 0 Å². The second-order valence-electron chi connectivity index (χ2n) is 8.36. The number of benzene rings is 1. The minimum absolute atomic E-state index is 0.0734. The predicted octanol–water partition coefficient (Wildman–Crippen LogP) is -0.00828. The molecule has 1 saturated heterocycles. The second-order valence-corrected chi connectivity index (χ2v) is 8.36. The zero-order valence-corrected chi connectivity index (χ0v) is 19.2. The number of aliphatic hydroxyl groups is 4. The van der Waals surface area contributed by atoms with Crippen LogP contribution in [0.15, 0.2) is 11.6 Å². The van der Waals surface area contributed by atoms with Crippen LogP contribution >= 0.6 is 0 Å². The monoisotopic (exact) mass is 482 g/mol. The van der Waals surface area contributed by atoms with E-state index in [2.05, 4.69) is 0 Å². The van der Waals surface area contributed by atoms with Crippen LogP contribution in [0.2, 0.25) is 0 Å². The summed E-state index contributed by atoms with van der Waals surface area (Å²) in [6.07, 6.45) is -5.31. The average Bonchev–Trinajstić information content (AvgIpc) is 3.21. The van der Waals surface area contributed by atoms with Gasteiger partial charge in [-0.05, 0) is 32.3 Å². The summed E-state index contributed by atoms with van der Waals surface area (Å²) in [7, 11) is 1.47. The molecule has 1 fully saturated rings. The Morgan fingerprint density at radius 1 is 1.18 bits per heavy atom. The molecule has 0 spiro atoms. The highest BCUT2D eigenvalue weighted by Crippen LogP contribution is 2.42. The summed E-state index contributed by atoms with van der Waals surface area (Å²) >= 11 is 0. The number of allylic oxidation sites excluding steroid dienone is 2. The Morgan fingerprint density at radius 2 is 1.88 bits per heavy atom. The van der Waals surface area contributed by atoms with Crippen molar-refractivity contribution in [3.05, 3.63) is 33.9 Å². The van der Waals surface area contributed by atoms with Crippen molar-refractivity contribution in [3.63, 3.8) is 0 Å². The highest BCUT2D eigenvalue weighted by Gasteiger charge is 2.45. The van der Waals surface area contributed by atoms with Crippen LogP contribution < -0.4 is 4.74 Å². The fraction of sp³-hybridized carbons (Fsp3) is 0.565. The number of hydrogen-bond acceptors (Lipinski definition) is 11. The lowest BCUT2D eigenvalue weighted by Crippen LogP contribution is -2.59. The molecule has 0 aromatic heterocycles. The summed E-state index contributed by atoms with van der Waals surface area (Å²) in [5, 5.41) is 49.4. The number of cyclic esters (lactones) is 1. The van der Waals surface area contributed by atoms with Crippen molar-refractivity contribution >= 4 is 11.9 Å². The molecular formula is C23H30O11. The van der Waals surface area contributed by atoms with Crippen LogP contribution in [0.3, 0.4) is 0 Å². The lowest BCUT2D eigenvalue weighted by Gasteiger charge is -2.39. The first kappa shape index (κ1) is 25.9. The largest absolute Gasteiger partial charge is 0.507 e. The smallest absolute Gasteiger partial charge is 0.342 e. The van der Waals surface area contributed by atoms with Gasteiger partial charge in [-0.1, -0.05) is 11.6 Å². The lowest BCUT2D eigenvalue weighted by atomic mass is 9.94. The number of carbonyl (C=O) groups is 2. The highest BCUT2D eigenvalue weighted by atomic mass is 16.7. The summed E-state index contributed by atoms with van der Waals surface area (Å²) in [6, 6.07) is 0. The number of phenolic OH excluding ortho intramolecular Hbond substituents is 1. The maximum Gasteiger partial charge on any atom is 0.342 e. The quantitative estimate of drug-likeness (QED) is 0.249. The van der Waals surface area contributed by atoms with E-state index in [0.717, 1.165) is 5.57 Å². The molecule has 0 aliphatic carbocycles. The van der Waals surface area contributed by atoms with Gasteiger partial charge < -0.3 is 44.5 Å². The van der Waals surface area contributed by atoms with Crippen molar-refractivity contribution in [2.75, 3.05) is 13.7 Å². The fourth-order valence-corrected chi connectivity index (χ4v) is 4.06. The number of carbonyl (C=O) groups excluding carboxylic acids is 2. The van der Waals surface area contributed by atoms with Crippen LogP contribution in [0.1, 0.15) is 46.8 Å². The second kappa shape index (κ2) is 10.7. The van der Waals surface area contributed by atoms with Gasteiger partial charge in [-0.15, -0.1) is 0 Å². The summed E-state index contributed by atoms with van der Waals surface area (Å²) in [6.45, 7) is 3.01. The van der Waals surface area contributed by atoms with Crippen LogP contribution in [0.25, 0.3) is 0 Å². The summed E-state index contributed by atoms with van der Waals surface area (Å²) < 4.78 is 20.7. The van der Waals surface area contributed by atoms with E-state index in [1.807, 2.05) is 0 Å². The minimum Gasteiger partial charge on any atom is -0.507 e. The van der Waals surface area contributed by atoms with Gasteiger partial charge in [0.2, 0.25) is 6.29 Å². The Balaban J connectivity index is 1.62. The fourth-order valence-electron chi connectivity index (χ4n) is 4.06. The number of phenols is 1. The van der Waals surface area contributed by atoms with Crippen LogP contribution in [0, 0.1) is 6.92 Å². The molecule has 0 radical (unpaired) electrons. The van der Waals surface area contributed by atoms with Crippen LogP contribution in [-0.4, -0.2) is 81.9 Å². The zero-order chi connectivity index (χ0) is 25.2. The molecule has 2 aliphatic rings. The average molecular weight is 482 g/mol. The topological polar surface area (TPSA) is 172 Å². The third kappa shape index (κ3) is 5.03. The number of aliphatic hydroxyl groups excluding tert-OH is 4. The van der Waals surface area contributed by atoms with Crippen LogP contribution in [-0.2, 0) is 32.0 Å². The van der Waals surface area contributed by atoms with Crippen LogP contribution in [0.5, 0.6) is 11.5 Å². The number of methoxy groups -OCH3 is 1. The normalized spacial score (nSPS) is 26.7. The molecule has 2 aliphatic heterocycles. The number of rotatable bonds is 8. The van der Waals surface area contributed by atoms with Gasteiger partial charge in [0.1, 0.15) is 48.1 Å². The molecule has 11 nitrogen and oxygen atoms in total. The standard InChI is InChI=1S/C23H30O11/c1-10(5-7-15(25)34-23-20(29)19(28)18(27)14(8-24)33-23)4-6-12-17(26)16-13(9-32-22(16)30)11(2)21(12)31-3/h4,14,18-20,23-24,26-29H,5-9H2,1-3H3/b10-4+/t14-,18+,19-,20+,23-/m0/s1. The van der Waals surface area contributed by atoms with E-state index in [9.17, 15) is 35.1 Å². The van der Waals surface area contributed by atoms with E-state index in [-0.39, 0.29) is 37.2 Å². The van der Waals surface area contributed by atoms with Gasteiger partial charge in [0.05, 0.1) is 13.7 Å². The number of aromatic hydroxyl groups is 1. The summed E-state index contributed by atoms with van der Waals surface area (Å²) in [5.74, 6) is -1.03. The Hall–Kier alpha value is -2.70. The number of esters is 2. The molecule has 1 aromatic carbocycles. The first-order chi connectivity index (χ1) is 16.1. The molecule has 0 unspecified atom stereocenters. The van der Waals surface area contributed by atoms with E-state index in [1.165, 1.54) is 7.11 Å². The number of fused-ring (bicyclic) bond motifs is 1. The Bertz CT molecular complexity index is 968. The van der Waals surface area contributed by atoms with Crippen molar-refractivity contribution in [3.8, 4) is 11.5 Å². The molecule has 1 aromatic rings. The highest BCUT2D eigenvalue weighted by molar-refractivity contribution is 5.98. The lowest BCUT2D eigenvalue weighted by molar-refractivity contribution is -0.292. The van der Waals surface area contributed by atoms with Crippen molar-refractivity contribution in [2.24, 2.45) is 0 Å². The van der Waals surface area contributed by atoms with Gasteiger partial charge in [0.25, 0.3) is 0 Å². The van der Waals surface area contributed by atoms with Crippen molar-refractivity contribution in [1.29, 1.82) is 0 Å². The molecular weight excluding hydrogens is 452 g/mol. The Labute approximate surface area is 196 Å². The van der Waals surface area contributed by atoms with Crippen molar-refractivity contribution in [1.82, 2.24) is 0 Å². The maximum atomic E-state index is 12.2. The first-order valence-electron chi connectivity index (χ1n) is 10.8. The summed E-state index contributed by atoms with van der Waals surface area (Å²) in [4.78, 5) is 24.2. The molecule has 0 amide bonds. The maximum absolute atomic E-state index is 12.2. The Morgan fingerprint density at radius 3 is 2.53 bits per heavy atom. The van der Waals surface area contributed by atoms with Crippen molar-refractivity contribution in [2.45, 2.75) is 70.4 Å². The minimum atomic E-state index is -1.66. The molecule has 188 valence electrons. The number of hydrogen-bond donors (Lipinski definition) is 5. The van der Waals surface area contributed by atoms with E-state index < -0.39 is 49.3 Å². The Kier molecular flexibility index (Phi) is 8.16. The van der Waals surface area contributed by atoms with Crippen molar-refractivity contribution < 1.29 is 54.1 Å². The van der Waals surface area contributed by atoms with Gasteiger partial charge in [-0.3, -0.25) is 4.79 Å². The number of ether oxygens (including phenoxy) is 4. The SMILES string of the molecule is COc1c(C)c2c(c(O)c1C/C=C(\C)CCC(=O)O[C@@H]1O[C@@H](CO)[C@@H](O)[C@H](O)[C@H]1O)C(=O)OC2. The molecule has 2 heterocycles. The molecule has 5 N–H and O–H groups in total. The van der Waals surface area contributed by atoms with E-state index in [0.29, 0.717) is 22.4 Å². The molecule has 34 heavy (non-hydrogen) atoms.